The van der Waals surface area contributed by atoms with Crippen LogP contribution in [0.4, 0.5) is 23.2 Å². The number of aromatic nitrogens is 1. The summed E-state index contributed by atoms with van der Waals surface area (Å²) in [4.78, 5) is 39.4. The lowest BCUT2D eigenvalue weighted by Crippen LogP contribution is -2.46. The SMILES string of the molecule is Cc1cc(NC(=O)c2c3c(cn2C)[S+]([O-])NC2CN(C(=O)C(=O)NCC(F)(F)F)CC2CS3)ccc1F. The Morgan fingerprint density at radius 2 is 2.00 bits per heavy atom. The smallest absolute Gasteiger partial charge is 0.405 e. The molecule has 15 heteroatoms. The maximum atomic E-state index is 13.6. The Labute approximate surface area is 216 Å². The number of amides is 3. The molecule has 1 fully saturated rings. The van der Waals surface area contributed by atoms with Gasteiger partial charge in [-0.15, -0.1) is 16.5 Å². The molecule has 1 aromatic carbocycles. The van der Waals surface area contributed by atoms with Gasteiger partial charge in [0.2, 0.25) is 4.90 Å². The van der Waals surface area contributed by atoms with Gasteiger partial charge in [-0.3, -0.25) is 14.4 Å². The van der Waals surface area contributed by atoms with Crippen molar-refractivity contribution >= 4 is 46.5 Å². The molecule has 2 aromatic rings. The number of carbonyl (C=O) groups is 3. The molecular weight excluding hydrogens is 538 g/mol. The Kier molecular flexibility index (Phi) is 7.78. The van der Waals surface area contributed by atoms with E-state index in [1.165, 1.54) is 30.0 Å². The number of nitrogens with zero attached hydrogens (tertiary/aromatic N) is 2. The Bertz CT molecular complexity index is 1240. The van der Waals surface area contributed by atoms with Gasteiger partial charge in [0.15, 0.2) is 0 Å². The van der Waals surface area contributed by atoms with Gasteiger partial charge in [0.05, 0.1) is 28.5 Å². The number of aryl methyl sites for hydroxylation is 2. The maximum Gasteiger partial charge on any atom is 0.405 e. The first-order chi connectivity index (χ1) is 17.3. The van der Waals surface area contributed by atoms with Crippen molar-refractivity contribution in [3.63, 3.8) is 0 Å². The van der Waals surface area contributed by atoms with Gasteiger partial charge in [-0.25, -0.2) is 4.39 Å². The number of anilines is 1. The fourth-order valence-electron chi connectivity index (χ4n) is 4.15. The average Bonchev–Trinajstić information content (AvgIpc) is 3.36. The Morgan fingerprint density at radius 1 is 1.27 bits per heavy atom. The van der Waals surface area contributed by atoms with E-state index in [0.717, 1.165) is 4.90 Å². The number of fused-ring (bicyclic) bond motifs is 2. The number of hydrogen-bond acceptors (Lipinski definition) is 6. The number of carbonyl (C=O) groups excluding carboxylic acids is 3. The number of likely N-dealkylation sites (tertiary alicyclic amines) is 1. The van der Waals surface area contributed by atoms with Crippen LogP contribution in [0, 0.1) is 18.7 Å². The minimum Gasteiger partial charge on any atom is -0.593 e. The van der Waals surface area contributed by atoms with E-state index in [0.29, 0.717) is 26.8 Å². The van der Waals surface area contributed by atoms with Crippen LogP contribution in [-0.4, -0.2) is 69.3 Å². The van der Waals surface area contributed by atoms with Crippen LogP contribution in [-0.2, 0) is 28.0 Å². The summed E-state index contributed by atoms with van der Waals surface area (Å²) in [6, 6.07) is 3.69. The molecule has 0 aliphatic carbocycles. The molecule has 3 N–H and O–H groups in total. The van der Waals surface area contributed by atoms with E-state index in [-0.39, 0.29) is 24.7 Å². The lowest BCUT2D eigenvalue weighted by atomic mass is 10.1. The van der Waals surface area contributed by atoms with Gasteiger partial charge in [0, 0.05) is 37.5 Å². The number of alkyl halides is 3. The Morgan fingerprint density at radius 3 is 2.68 bits per heavy atom. The topological polar surface area (TPSA) is 119 Å². The van der Waals surface area contributed by atoms with Crippen molar-refractivity contribution in [2.24, 2.45) is 13.0 Å². The molecule has 200 valence electrons. The zero-order chi connectivity index (χ0) is 27.1. The van der Waals surface area contributed by atoms with E-state index >= 15 is 0 Å². The maximum absolute atomic E-state index is 13.6. The normalized spacial score (nSPS) is 21.5. The molecule has 4 rings (SSSR count). The number of rotatable bonds is 3. The van der Waals surface area contributed by atoms with Crippen molar-refractivity contribution in [2.45, 2.75) is 28.9 Å². The van der Waals surface area contributed by atoms with E-state index in [1.807, 2.05) is 0 Å². The van der Waals surface area contributed by atoms with E-state index in [1.54, 1.807) is 30.1 Å². The lowest BCUT2D eigenvalue weighted by molar-refractivity contribution is -0.150. The lowest BCUT2D eigenvalue weighted by Gasteiger charge is -2.23. The van der Waals surface area contributed by atoms with Gasteiger partial charge in [-0.2, -0.15) is 13.2 Å². The Hall–Kier alpha value is -2.75. The first kappa shape index (κ1) is 27.3. The highest BCUT2D eigenvalue weighted by atomic mass is 32.2. The highest BCUT2D eigenvalue weighted by Gasteiger charge is 2.43. The molecule has 0 radical (unpaired) electrons. The molecule has 9 nitrogen and oxygen atoms in total. The second kappa shape index (κ2) is 10.6. The van der Waals surface area contributed by atoms with Gasteiger partial charge in [-0.05, 0) is 30.7 Å². The summed E-state index contributed by atoms with van der Waals surface area (Å²) in [5.74, 6) is -3.25. The van der Waals surface area contributed by atoms with E-state index < -0.39 is 53.7 Å². The zero-order valence-electron chi connectivity index (χ0n) is 19.6. The summed E-state index contributed by atoms with van der Waals surface area (Å²) >= 11 is -0.507. The molecular formula is C22H23F4N5O4S2. The number of nitrogens with one attached hydrogen (secondary N) is 3. The molecule has 2 aliphatic rings. The van der Waals surface area contributed by atoms with Gasteiger partial charge < -0.3 is 24.7 Å². The van der Waals surface area contributed by atoms with Crippen LogP contribution < -0.4 is 15.4 Å². The molecule has 1 saturated heterocycles. The third-order valence-corrected chi connectivity index (χ3v) is 8.66. The fraction of sp³-hybridized carbons (Fsp3) is 0.409. The van der Waals surface area contributed by atoms with Crippen LogP contribution in [0.3, 0.4) is 0 Å². The third-order valence-electron chi connectivity index (χ3n) is 6.01. The van der Waals surface area contributed by atoms with Crippen molar-refractivity contribution in [3.8, 4) is 0 Å². The summed E-state index contributed by atoms with van der Waals surface area (Å²) in [6.07, 6.45) is -3.09. The van der Waals surface area contributed by atoms with E-state index in [2.05, 4.69) is 10.0 Å². The predicted molar refractivity (Wildman–Crippen MR) is 128 cm³/mol. The predicted octanol–water partition coefficient (Wildman–Crippen LogP) is 1.95. The largest absolute Gasteiger partial charge is 0.593 e. The average molecular weight is 562 g/mol. The number of hydrogen-bond donors (Lipinski definition) is 3. The second-order valence-electron chi connectivity index (χ2n) is 8.77. The highest BCUT2D eigenvalue weighted by Crippen LogP contribution is 2.38. The molecule has 0 bridgehead atoms. The summed E-state index contributed by atoms with van der Waals surface area (Å²) in [5.41, 5.74) is 0.994. The van der Waals surface area contributed by atoms with Gasteiger partial charge in [0.1, 0.15) is 18.1 Å². The van der Waals surface area contributed by atoms with Crippen LogP contribution in [0.15, 0.2) is 34.2 Å². The highest BCUT2D eigenvalue weighted by molar-refractivity contribution is 8.00. The van der Waals surface area contributed by atoms with Crippen LogP contribution in [0.2, 0.25) is 0 Å². The van der Waals surface area contributed by atoms with Crippen molar-refractivity contribution in [1.29, 1.82) is 0 Å². The van der Waals surface area contributed by atoms with E-state index in [9.17, 15) is 36.5 Å². The van der Waals surface area contributed by atoms with Gasteiger partial charge in [0.25, 0.3) is 5.91 Å². The van der Waals surface area contributed by atoms with Crippen LogP contribution >= 0.6 is 11.8 Å². The molecule has 3 atom stereocenters. The van der Waals surface area contributed by atoms with Crippen LogP contribution in [0.5, 0.6) is 0 Å². The standard InChI is InChI=1S/C22H23F4N5O4S2/c1-11-5-13(3-4-14(11)23)28-19(32)17-18-16(8-30(17)2)37(35)29-15-7-31(6-12(15)9-36-18)21(34)20(33)27-10-22(24,25)26/h3-5,8,12,15,29H,6-7,9-10H2,1-2H3,(H,27,33)(H,28,32). The summed E-state index contributed by atoms with van der Waals surface area (Å²) in [7, 11) is 1.63. The molecule has 3 amide bonds. The van der Waals surface area contributed by atoms with Crippen LogP contribution in [0.1, 0.15) is 16.1 Å². The van der Waals surface area contributed by atoms with Crippen molar-refractivity contribution in [2.75, 3.05) is 30.7 Å². The summed E-state index contributed by atoms with van der Waals surface area (Å²) in [5, 5.41) is 4.29. The minimum absolute atomic E-state index is 0.00529. The zero-order valence-corrected chi connectivity index (χ0v) is 21.3. The van der Waals surface area contributed by atoms with Crippen molar-refractivity contribution in [1.82, 2.24) is 19.5 Å². The van der Waals surface area contributed by atoms with E-state index in [4.69, 9.17) is 0 Å². The molecule has 0 saturated carbocycles. The first-order valence-corrected chi connectivity index (χ1v) is 13.2. The summed E-state index contributed by atoms with van der Waals surface area (Å²) in [6.45, 7) is 0.0155. The first-order valence-electron chi connectivity index (χ1n) is 11.1. The van der Waals surface area contributed by atoms with Crippen molar-refractivity contribution < 1.29 is 36.5 Å². The fourth-order valence-corrected chi connectivity index (χ4v) is 7.03. The molecule has 3 heterocycles. The monoisotopic (exact) mass is 561 g/mol. The van der Waals surface area contributed by atoms with Crippen LogP contribution in [0.25, 0.3) is 0 Å². The molecule has 3 unspecified atom stereocenters. The molecule has 1 aromatic heterocycles. The molecule has 37 heavy (non-hydrogen) atoms. The summed E-state index contributed by atoms with van der Waals surface area (Å²) < 4.78 is 68.3. The Balaban J connectivity index is 1.48. The number of thioether (sulfide) groups is 1. The molecule has 2 aliphatic heterocycles. The molecule has 0 spiro atoms. The number of benzene rings is 1. The van der Waals surface area contributed by atoms with Gasteiger partial charge >= 0.3 is 18.0 Å². The quantitative estimate of drug-likeness (QED) is 0.300. The number of halogens is 4. The minimum atomic E-state index is -4.65. The second-order valence-corrected chi connectivity index (χ2v) is 11.0. The van der Waals surface area contributed by atoms with Crippen molar-refractivity contribution in [3.05, 3.63) is 41.5 Å². The van der Waals surface area contributed by atoms with Gasteiger partial charge in [-0.1, -0.05) is 0 Å². The third kappa shape index (κ3) is 6.05.